The number of aromatic nitrogens is 2. The normalized spacial score (nSPS) is 20.2. The van der Waals surface area contributed by atoms with Crippen molar-refractivity contribution in [3.8, 4) is 11.6 Å². The third-order valence-corrected chi connectivity index (χ3v) is 2.90. The van der Waals surface area contributed by atoms with Crippen molar-refractivity contribution in [3.63, 3.8) is 0 Å². The lowest BCUT2D eigenvalue weighted by molar-refractivity contribution is 0.461. The zero-order valence-electron chi connectivity index (χ0n) is 8.39. The molecule has 0 aromatic carbocycles. The van der Waals surface area contributed by atoms with Gasteiger partial charge in [0, 0.05) is 12.6 Å². The van der Waals surface area contributed by atoms with Gasteiger partial charge in [0.25, 0.3) is 0 Å². The minimum Gasteiger partial charge on any atom is -0.461 e. The molecule has 2 aromatic rings. The van der Waals surface area contributed by atoms with Gasteiger partial charge >= 0.3 is 0 Å². The molecule has 1 aliphatic rings. The van der Waals surface area contributed by atoms with Gasteiger partial charge in [-0.15, -0.1) is 0 Å². The van der Waals surface area contributed by atoms with Crippen LogP contribution in [0.25, 0.3) is 11.6 Å². The largest absolute Gasteiger partial charge is 0.461 e. The van der Waals surface area contributed by atoms with Crippen LogP contribution in [0.3, 0.4) is 0 Å². The third kappa shape index (κ3) is 1.29. The number of imidazole rings is 1. The van der Waals surface area contributed by atoms with E-state index < -0.39 is 0 Å². The van der Waals surface area contributed by atoms with Gasteiger partial charge in [0.2, 0.25) is 0 Å². The summed E-state index contributed by atoms with van der Waals surface area (Å²) in [7, 11) is 0. The summed E-state index contributed by atoms with van der Waals surface area (Å²) in [4.78, 5) is 4.38. The van der Waals surface area contributed by atoms with Crippen molar-refractivity contribution in [3.05, 3.63) is 30.3 Å². The Hall–Kier alpha value is -1.55. The highest BCUT2D eigenvalue weighted by molar-refractivity contribution is 5.48. The number of hydrogen-bond donors (Lipinski definition) is 1. The average molecular weight is 203 g/mol. The Bertz CT molecular complexity index is 458. The number of fused-ring (bicyclic) bond motifs is 1. The van der Waals surface area contributed by atoms with Crippen LogP contribution in [-0.2, 0) is 6.54 Å². The molecule has 3 rings (SSSR count). The molecule has 0 saturated carbocycles. The summed E-state index contributed by atoms with van der Waals surface area (Å²) in [5.74, 6) is 1.71. The Labute approximate surface area is 87.7 Å². The van der Waals surface area contributed by atoms with E-state index in [1.165, 1.54) is 0 Å². The van der Waals surface area contributed by atoms with Crippen molar-refractivity contribution in [2.75, 3.05) is 0 Å². The smallest absolute Gasteiger partial charge is 0.176 e. The SMILES string of the molecule is NC1CCCn2c1cnc2-c1ccco1. The highest BCUT2D eigenvalue weighted by Gasteiger charge is 2.21. The molecule has 0 aliphatic carbocycles. The summed E-state index contributed by atoms with van der Waals surface area (Å²) in [5.41, 5.74) is 7.14. The fourth-order valence-corrected chi connectivity index (χ4v) is 2.14. The molecule has 0 radical (unpaired) electrons. The van der Waals surface area contributed by atoms with E-state index in [1.807, 2.05) is 18.3 Å². The molecule has 4 nitrogen and oxygen atoms in total. The Morgan fingerprint density at radius 3 is 3.27 bits per heavy atom. The molecular formula is C11H13N3O. The molecule has 1 aliphatic heterocycles. The molecule has 0 fully saturated rings. The first-order valence-electron chi connectivity index (χ1n) is 5.21. The van der Waals surface area contributed by atoms with Crippen LogP contribution in [0, 0.1) is 0 Å². The maximum Gasteiger partial charge on any atom is 0.176 e. The van der Waals surface area contributed by atoms with Crippen molar-refractivity contribution >= 4 is 0 Å². The first kappa shape index (κ1) is 8.73. The highest BCUT2D eigenvalue weighted by atomic mass is 16.3. The van der Waals surface area contributed by atoms with E-state index in [0.717, 1.165) is 36.7 Å². The van der Waals surface area contributed by atoms with Gasteiger partial charge in [-0.2, -0.15) is 0 Å². The van der Waals surface area contributed by atoms with Gasteiger partial charge in [0.05, 0.1) is 18.2 Å². The van der Waals surface area contributed by atoms with Crippen molar-refractivity contribution in [2.24, 2.45) is 5.73 Å². The van der Waals surface area contributed by atoms with Gasteiger partial charge in [-0.05, 0) is 25.0 Å². The monoisotopic (exact) mass is 203 g/mol. The first-order valence-corrected chi connectivity index (χ1v) is 5.21. The van der Waals surface area contributed by atoms with Gasteiger partial charge in [0.15, 0.2) is 11.6 Å². The highest BCUT2D eigenvalue weighted by Crippen LogP contribution is 2.28. The molecular weight excluding hydrogens is 190 g/mol. The van der Waals surface area contributed by atoms with E-state index in [0.29, 0.717) is 0 Å². The second-order valence-electron chi connectivity index (χ2n) is 3.88. The molecule has 15 heavy (non-hydrogen) atoms. The standard InChI is InChI=1S/C11H13N3O/c12-8-3-1-5-14-9(8)7-13-11(14)10-4-2-6-15-10/h2,4,6-8H,1,3,5,12H2. The number of hydrogen-bond acceptors (Lipinski definition) is 3. The van der Waals surface area contributed by atoms with Crippen molar-refractivity contribution in [1.29, 1.82) is 0 Å². The van der Waals surface area contributed by atoms with Crippen LogP contribution in [0.15, 0.2) is 29.0 Å². The lowest BCUT2D eigenvalue weighted by Gasteiger charge is -2.21. The molecule has 0 bridgehead atoms. The minimum absolute atomic E-state index is 0.120. The predicted molar refractivity (Wildman–Crippen MR) is 56.1 cm³/mol. The van der Waals surface area contributed by atoms with Gasteiger partial charge in [-0.25, -0.2) is 4.98 Å². The second-order valence-corrected chi connectivity index (χ2v) is 3.88. The summed E-state index contributed by atoms with van der Waals surface area (Å²) in [6, 6.07) is 3.92. The van der Waals surface area contributed by atoms with Gasteiger partial charge in [-0.1, -0.05) is 0 Å². The number of furan rings is 1. The molecule has 1 atom stereocenters. The molecule has 1 unspecified atom stereocenters. The van der Waals surface area contributed by atoms with Gasteiger partial charge < -0.3 is 14.7 Å². The maximum absolute atomic E-state index is 6.02. The van der Waals surface area contributed by atoms with Crippen LogP contribution >= 0.6 is 0 Å². The second kappa shape index (κ2) is 3.24. The van der Waals surface area contributed by atoms with E-state index in [-0.39, 0.29) is 6.04 Å². The van der Waals surface area contributed by atoms with Gasteiger partial charge in [-0.3, -0.25) is 0 Å². The molecule has 2 N–H and O–H groups in total. The Morgan fingerprint density at radius 2 is 2.47 bits per heavy atom. The number of rotatable bonds is 1. The summed E-state index contributed by atoms with van der Waals surface area (Å²) in [5, 5.41) is 0. The quantitative estimate of drug-likeness (QED) is 0.770. The maximum atomic E-state index is 6.02. The lowest BCUT2D eigenvalue weighted by atomic mass is 10.1. The summed E-state index contributed by atoms with van der Waals surface area (Å²) >= 11 is 0. The summed E-state index contributed by atoms with van der Waals surface area (Å²) in [6.45, 7) is 0.985. The van der Waals surface area contributed by atoms with Crippen LogP contribution in [0.2, 0.25) is 0 Å². The van der Waals surface area contributed by atoms with E-state index in [9.17, 15) is 0 Å². The molecule has 4 heteroatoms. The molecule has 2 aromatic heterocycles. The predicted octanol–water partition coefficient (Wildman–Crippen LogP) is 1.94. The number of nitrogens with zero attached hydrogens (tertiary/aromatic N) is 2. The molecule has 0 spiro atoms. The van der Waals surface area contributed by atoms with Crippen molar-refractivity contribution < 1.29 is 4.42 Å². The molecule has 78 valence electrons. The van der Waals surface area contributed by atoms with Crippen molar-refractivity contribution in [1.82, 2.24) is 9.55 Å². The topological polar surface area (TPSA) is 57.0 Å². The molecule has 3 heterocycles. The lowest BCUT2D eigenvalue weighted by Crippen LogP contribution is -2.21. The Kier molecular flexibility index (Phi) is 1.89. The third-order valence-electron chi connectivity index (χ3n) is 2.90. The van der Waals surface area contributed by atoms with Gasteiger partial charge in [0.1, 0.15) is 0 Å². The zero-order valence-corrected chi connectivity index (χ0v) is 8.39. The van der Waals surface area contributed by atoms with Crippen molar-refractivity contribution in [2.45, 2.75) is 25.4 Å². The Balaban J connectivity index is 2.11. The van der Waals surface area contributed by atoms with E-state index >= 15 is 0 Å². The molecule has 0 amide bonds. The zero-order chi connectivity index (χ0) is 10.3. The summed E-state index contributed by atoms with van der Waals surface area (Å²) < 4.78 is 7.51. The van der Waals surface area contributed by atoms with E-state index in [2.05, 4.69) is 9.55 Å². The fraction of sp³-hybridized carbons (Fsp3) is 0.364. The number of nitrogens with two attached hydrogens (primary N) is 1. The average Bonchev–Trinajstić information content (AvgIpc) is 2.85. The van der Waals surface area contributed by atoms with Crippen LogP contribution in [0.4, 0.5) is 0 Å². The van der Waals surface area contributed by atoms with E-state index in [1.54, 1.807) is 6.26 Å². The minimum atomic E-state index is 0.120. The Morgan fingerprint density at radius 1 is 1.53 bits per heavy atom. The van der Waals surface area contributed by atoms with Crippen LogP contribution in [0.1, 0.15) is 24.6 Å². The fourth-order valence-electron chi connectivity index (χ4n) is 2.14. The summed E-state index contributed by atoms with van der Waals surface area (Å²) in [6.07, 6.45) is 5.68. The van der Waals surface area contributed by atoms with Crippen LogP contribution < -0.4 is 5.73 Å². The van der Waals surface area contributed by atoms with E-state index in [4.69, 9.17) is 10.2 Å². The molecule has 0 saturated heterocycles. The first-order chi connectivity index (χ1) is 7.36. The van der Waals surface area contributed by atoms with Crippen LogP contribution in [0.5, 0.6) is 0 Å². The van der Waals surface area contributed by atoms with Crippen LogP contribution in [-0.4, -0.2) is 9.55 Å².